The van der Waals surface area contributed by atoms with Crippen LogP contribution in [-0.2, 0) is 6.42 Å². The van der Waals surface area contributed by atoms with Crippen LogP contribution in [0.3, 0.4) is 0 Å². The van der Waals surface area contributed by atoms with Crippen molar-refractivity contribution in [3.63, 3.8) is 0 Å². The molecule has 0 unspecified atom stereocenters. The molecule has 2 aromatic carbocycles. The lowest BCUT2D eigenvalue weighted by molar-refractivity contribution is 0.0953. The number of hydrogen-bond acceptors (Lipinski definition) is 2. The zero-order valence-corrected chi connectivity index (χ0v) is 18.6. The number of H-pyrrole nitrogens is 1. The second-order valence-electron chi connectivity index (χ2n) is 7.34. The molecule has 4 nitrogen and oxygen atoms in total. The second-order valence-corrected chi connectivity index (χ2v) is 7.34. The Morgan fingerprint density at radius 2 is 2.03 bits per heavy atom. The van der Waals surface area contributed by atoms with Crippen molar-refractivity contribution in [1.82, 2.24) is 15.5 Å². The maximum atomic E-state index is 13.2. The smallest absolute Gasteiger partial charge is 0.251 e. The number of amides is 1. The summed E-state index contributed by atoms with van der Waals surface area (Å²) in [6.07, 6.45) is 12.8. The number of allylic oxidation sites excluding steroid dienone is 5. The van der Waals surface area contributed by atoms with Gasteiger partial charge in [-0.3, -0.25) is 9.89 Å². The summed E-state index contributed by atoms with van der Waals surface area (Å²) in [5.74, 6) is 5.76. The topological polar surface area (TPSA) is 57.8 Å². The molecule has 0 atom stereocenters. The van der Waals surface area contributed by atoms with Gasteiger partial charge in [-0.15, -0.1) is 0 Å². The minimum Gasteiger partial charge on any atom is -0.352 e. The number of benzene rings is 2. The van der Waals surface area contributed by atoms with E-state index in [2.05, 4.69) is 33.9 Å². The van der Waals surface area contributed by atoms with Crippen LogP contribution < -0.4 is 5.32 Å². The fraction of sp³-hybridized carbons (Fsp3) is 0.143. The van der Waals surface area contributed by atoms with Gasteiger partial charge >= 0.3 is 0 Å². The van der Waals surface area contributed by atoms with Crippen LogP contribution in [0.5, 0.6) is 0 Å². The SMILES string of the molecule is C=C/C=C(\C=C/C)c1ccc(C(=O)NCCCc2cn[nH]c2)cc1C#Cc1ccc(F)cc1. The number of nitrogens with one attached hydrogen (secondary N) is 2. The molecule has 0 saturated carbocycles. The molecule has 0 saturated heterocycles. The summed E-state index contributed by atoms with van der Waals surface area (Å²) in [5.41, 5.74) is 4.86. The molecule has 2 N–H and O–H groups in total. The Balaban J connectivity index is 1.84. The number of aryl methyl sites for hydroxylation is 1. The number of halogens is 1. The summed E-state index contributed by atoms with van der Waals surface area (Å²) in [7, 11) is 0. The minimum atomic E-state index is -0.308. The van der Waals surface area contributed by atoms with E-state index >= 15 is 0 Å². The van der Waals surface area contributed by atoms with Crippen molar-refractivity contribution in [2.24, 2.45) is 0 Å². The summed E-state index contributed by atoms with van der Waals surface area (Å²) >= 11 is 0. The Labute approximate surface area is 193 Å². The Kier molecular flexibility index (Phi) is 8.55. The van der Waals surface area contributed by atoms with E-state index in [9.17, 15) is 9.18 Å². The van der Waals surface area contributed by atoms with E-state index in [0.29, 0.717) is 23.2 Å². The Morgan fingerprint density at radius 1 is 1.21 bits per heavy atom. The summed E-state index contributed by atoms with van der Waals surface area (Å²) in [6, 6.07) is 11.5. The van der Waals surface area contributed by atoms with Crippen LogP contribution in [0, 0.1) is 17.7 Å². The molecule has 1 amide bonds. The number of aromatic nitrogens is 2. The maximum absolute atomic E-state index is 13.2. The van der Waals surface area contributed by atoms with Crippen LogP contribution in [0.4, 0.5) is 4.39 Å². The van der Waals surface area contributed by atoms with E-state index in [-0.39, 0.29) is 11.7 Å². The van der Waals surface area contributed by atoms with Gasteiger partial charge < -0.3 is 5.32 Å². The molecule has 0 fully saturated rings. The summed E-state index contributed by atoms with van der Waals surface area (Å²) in [5, 5.41) is 9.68. The van der Waals surface area contributed by atoms with Gasteiger partial charge in [0.05, 0.1) is 6.20 Å². The molecule has 0 aliphatic heterocycles. The number of carbonyl (C=O) groups is 1. The molecule has 1 heterocycles. The Morgan fingerprint density at radius 3 is 2.73 bits per heavy atom. The standard InChI is InChI=1S/C28H26FN3O/c1-3-6-23(7-4-2)27-16-13-25(28(33)30-17-5-8-22-19-31-32-20-22)18-24(27)12-9-21-10-14-26(29)15-11-21/h3-4,6-7,10-11,13-16,18-20H,1,5,8,17H2,2H3,(H,30,33)(H,31,32)/b7-4-,23-6+. The molecule has 5 heteroatoms. The third-order valence-corrected chi connectivity index (χ3v) is 4.90. The Hall–Kier alpha value is -4.17. The molecule has 0 aliphatic rings. The molecule has 0 radical (unpaired) electrons. The van der Waals surface area contributed by atoms with E-state index in [0.717, 1.165) is 29.5 Å². The molecule has 0 spiro atoms. The van der Waals surface area contributed by atoms with Gasteiger partial charge in [0.1, 0.15) is 5.82 Å². The maximum Gasteiger partial charge on any atom is 0.251 e. The highest BCUT2D eigenvalue weighted by Gasteiger charge is 2.10. The predicted octanol–water partition coefficient (Wildman–Crippen LogP) is 5.46. The number of rotatable bonds is 8. The fourth-order valence-electron chi connectivity index (χ4n) is 3.27. The number of aromatic amines is 1. The third kappa shape index (κ3) is 6.91. The van der Waals surface area contributed by atoms with Crippen molar-refractivity contribution < 1.29 is 9.18 Å². The third-order valence-electron chi connectivity index (χ3n) is 4.90. The van der Waals surface area contributed by atoms with E-state index in [1.807, 2.05) is 37.4 Å². The summed E-state index contributed by atoms with van der Waals surface area (Å²) < 4.78 is 13.2. The average molecular weight is 440 g/mol. The zero-order chi connectivity index (χ0) is 23.5. The average Bonchev–Trinajstić information content (AvgIpc) is 3.35. The lowest BCUT2D eigenvalue weighted by atomic mass is 9.96. The molecule has 0 aliphatic carbocycles. The highest BCUT2D eigenvalue weighted by Crippen LogP contribution is 2.22. The van der Waals surface area contributed by atoms with Gasteiger partial charge in [0.2, 0.25) is 0 Å². The lowest BCUT2D eigenvalue weighted by Crippen LogP contribution is -2.24. The van der Waals surface area contributed by atoms with Gasteiger partial charge in [-0.05, 0) is 72.9 Å². The normalized spacial score (nSPS) is 11.2. The number of carbonyl (C=O) groups excluding carboxylic acids is 1. The van der Waals surface area contributed by atoms with E-state index in [4.69, 9.17) is 0 Å². The first-order valence-electron chi connectivity index (χ1n) is 10.7. The molecule has 3 aromatic rings. The molecule has 1 aromatic heterocycles. The van der Waals surface area contributed by atoms with E-state index in [1.54, 1.807) is 36.5 Å². The fourth-order valence-corrected chi connectivity index (χ4v) is 3.27. The van der Waals surface area contributed by atoms with Crippen molar-refractivity contribution in [3.05, 3.63) is 119 Å². The van der Waals surface area contributed by atoms with Crippen molar-refractivity contribution in [2.75, 3.05) is 6.54 Å². The van der Waals surface area contributed by atoms with Gasteiger partial charge in [0, 0.05) is 29.4 Å². The molecule has 33 heavy (non-hydrogen) atoms. The van der Waals surface area contributed by atoms with E-state index in [1.165, 1.54) is 12.1 Å². The van der Waals surface area contributed by atoms with E-state index < -0.39 is 0 Å². The first-order chi connectivity index (χ1) is 16.1. The van der Waals surface area contributed by atoms with Crippen LogP contribution in [0.25, 0.3) is 5.57 Å². The first kappa shape index (κ1) is 23.5. The molecule has 166 valence electrons. The molecular weight excluding hydrogens is 413 g/mol. The minimum absolute atomic E-state index is 0.154. The number of nitrogens with zero attached hydrogens (tertiary/aromatic N) is 1. The molecular formula is C28H26FN3O. The largest absolute Gasteiger partial charge is 0.352 e. The first-order valence-corrected chi connectivity index (χ1v) is 10.7. The summed E-state index contributed by atoms with van der Waals surface area (Å²) in [4.78, 5) is 12.7. The predicted molar refractivity (Wildman–Crippen MR) is 131 cm³/mol. The molecule has 0 bridgehead atoms. The van der Waals surface area contributed by atoms with Crippen LogP contribution in [0.1, 0.15) is 46.0 Å². The second kappa shape index (κ2) is 12.0. The monoisotopic (exact) mass is 439 g/mol. The van der Waals surface area contributed by atoms with Crippen LogP contribution in [0.2, 0.25) is 0 Å². The Bertz CT molecular complexity index is 1210. The van der Waals surface area contributed by atoms with Gasteiger partial charge in [0.15, 0.2) is 0 Å². The zero-order valence-electron chi connectivity index (χ0n) is 18.6. The van der Waals surface area contributed by atoms with Crippen LogP contribution in [0.15, 0.2) is 85.7 Å². The van der Waals surface area contributed by atoms with Crippen LogP contribution >= 0.6 is 0 Å². The van der Waals surface area contributed by atoms with Gasteiger partial charge in [-0.2, -0.15) is 5.10 Å². The quantitative estimate of drug-likeness (QED) is 0.278. The highest BCUT2D eigenvalue weighted by molar-refractivity contribution is 5.95. The summed E-state index contributed by atoms with van der Waals surface area (Å²) in [6.45, 7) is 6.29. The lowest BCUT2D eigenvalue weighted by Gasteiger charge is -2.10. The van der Waals surface area contributed by atoms with Gasteiger partial charge in [-0.25, -0.2) is 4.39 Å². The highest BCUT2D eigenvalue weighted by atomic mass is 19.1. The van der Waals surface area contributed by atoms with Crippen molar-refractivity contribution in [1.29, 1.82) is 0 Å². The van der Waals surface area contributed by atoms with Crippen LogP contribution in [-0.4, -0.2) is 22.6 Å². The van der Waals surface area contributed by atoms with Crippen molar-refractivity contribution >= 4 is 11.5 Å². The van der Waals surface area contributed by atoms with Crippen molar-refractivity contribution in [3.8, 4) is 11.8 Å². The number of hydrogen-bond donors (Lipinski definition) is 2. The molecule has 3 rings (SSSR count). The van der Waals surface area contributed by atoms with Crippen molar-refractivity contribution in [2.45, 2.75) is 19.8 Å². The van der Waals surface area contributed by atoms with Gasteiger partial charge in [-0.1, -0.05) is 48.8 Å². The van der Waals surface area contributed by atoms with Gasteiger partial charge in [0.25, 0.3) is 5.91 Å².